The Morgan fingerprint density at radius 2 is 1.77 bits per heavy atom. The number of rotatable bonds is 5. The Bertz CT molecular complexity index is 969. The van der Waals surface area contributed by atoms with Crippen LogP contribution in [-0.2, 0) is 22.4 Å². The fourth-order valence-corrected chi connectivity index (χ4v) is 5.80. The lowest BCUT2D eigenvalue weighted by atomic mass is 9.95. The largest absolute Gasteiger partial charge is 0.483 e. The van der Waals surface area contributed by atoms with Crippen molar-refractivity contribution in [1.29, 1.82) is 0 Å². The smallest absolute Gasteiger partial charge is 0.262 e. The summed E-state index contributed by atoms with van der Waals surface area (Å²) in [6.07, 6.45) is 4.07. The number of fused-ring (bicyclic) bond motifs is 1. The quantitative estimate of drug-likeness (QED) is 0.759. The first kappa shape index (κ1) is 21.8. The second kappa shape index (κ2) is 9.40. The van der Waals surface area contributed by atoms with Crippen LogP contribution in [0, 0.1) is 20.8 Å². The van der Waals surface area contributed by atoms with Crippen LogP contribution in [0.25, 0.3) is 0 Å². The molecule has 0 atom stereocenters. The van der Waals surface area contributed by atoms with Crippen molar-refractivity contribution in [1.82, 2.24) is 4.90 Å². The van der Waals surface area contributed by atoms with Gasteiger partial charge in [0.2, 0.25) is 0 Å². The van der Waals surface area contributed by atoms with Gasteiger partial charge in [0.25, 0.3) is 11.8 Å². The van der Waals surface area contributed by atoms with Crippen molar-refractivity contribution in [3.05, 3.63) is 44.8 Å². The van der Waals surface area contributed by atoms with Crippen molar-refractivity contribution >= 4 is 28.2 Å². The Kier molecular flexibility index (Phi) is 6.62. The highest BCUT2D eigenvalue weighted by Crippen LogP contribution is 2.39. The Morgan fingerprint density at radius 3 is 2.48 bits per heavy atom. The minimum atomic E-state index is -0.242. The van der Waals surface area contributed by atoms with Crippen molar-refractivity contribution < 1.29 is 19.1 Å². The van der Waals surface area contributed by atoms with Crippen LogP contribution in [0.1, 0.15) is 50.3 Å². The molecule has 1 aromatic heterocycles. The number of nitrogens with one attached hydrogen (secondary N) is 1. The zero-order valence-electron chi connectivity index (χ0n) is 18.5. The van der Waals surface area contributed by atoms with Gasteiger partial charge in [-0.2, -0.15) is 0 Å². The number of aryl methyl sites for hydroxylation is 4. The van der Waals surface area contributed by atoms with Gasteiger partial charge in [-0.15, -0.1) is 11.3 Å². The van der Waals surface area contributed by atoms with E-state index in [1.807, 2.05) is 37.8 Å². The number of morpholine rings is 1. The zero-order chi connectivity index (χ0) is 22.0. The molecule has 1 saturated heterocycles. The molecule has 2 aliphatic rings. The molecule has 1 aromatic carbocycles. The van der Waals surface area contributed by atoms with Crippen LogP contribution in [0.15, 0.2) is 12.1 Å². The van der Waals surface area contributed by atoms with Gasteiger partial charge in [-0.3, -0.25) is 9.59 Å². The topological polar surface area (TPSA) is 67.9 Å². The molecule has 2 amide bonds. The van der Waals surface area contributed by atoms with Gasteiger partial charge in [-0.25, -0.2) is 0 Å². The highest BCUT2D eigenvalue weighted by Gasteiger charge is 2.30. The van der Waals surface area contributed by atoms with E-state index in [1.54, 1.807) is 11.3 Å². The number of hydrogen-bond acceptors (Lipinski definition) is 5. The third kappa shape index (κ3) is 4.77. The molecule has 31 heavy (non-hydrogen) atoms. The maximum absolute atomic E-state index is 13.3. The molecule has 0 radical (unpaired) electrons. The van der Waals surface area contributed by atoms with Gasteiger partial charge < -0.3 is 19.7 Å². The first-order valence-corrected chi connectivity index (χ1v) is 11.8. The Labute approximate surface area is 187 Å². The molecule has 0 unspecified atom stereocenters. The molecule has 1 N–H and O–H groups in total. The number of hydrogen-bond donors (Lipinski definition) is 1. The molecule has 166 valence electrons. The third-order valence-electron chi connectivity index (χ3n) is 5.89. The van der Waals surface area contributed by atoms with Crippen LogP contribution in [-0.4, -0.2) is 49.6 Å². The fourth-order valence-electron chi connectivity index (χ4n) is 4.50. The Hall–Kier alpha value is -2.38. The molecule has 2 heterocycles. The molecular weight excluding hydrogens is 412 g/mol. The van der Waals surface area contributed by atoms with Crippen LogP contribution in [0.4, 0.5) is 5.00 Å². The molecular formula is C24H30N2O4S. The molecule has 1 aliphatic heterocycles. The maximum atomic E-state index is 13.3. The lowest BCUT2D eigenvalue weighted by molar-refractivity contribution is -0.118. The standard InChI is InChI=1S/C24H30N2O4S/c1-15-12-16(2)22(17(3)13-15)30-14-20(27)25-23-21(18-6-4-5-7-19(18)31-23)24(28)26-8-10-29-11-9-26/h12-13H,4-11,14H2,1-3H3,(H,25,27). The summed E-state index contributed by atoms with van der Waals surface area (Å²) >= 11 is 1.55. The number of carbonyl (C=O) groups is 2. The van der Waals surface area contributed by atoms with Crippen LogP contribution in [0.2, 0.25) is 0 Å². The van der Waals surface area contributed by atoms with E-state index in [-0.39, 0.29) is 18.4 Å². The van der Waals surface area contributed by atoms with Crippen LogP contribution in [0.5, 0.6) is 5.75 Å². The molecule has 1 fully saturated rings. The number of anilines is 1. The predicted molar refractivity (Wildman–Crippen MR) is 122 cm³/mol. The van der Waals surface area contributed by atoms with Gasteiger partial charge in [0.1, 0.15) is 10.8 Å². The highest BCUT2D eigenvalue weighted by molar-refractivity contribution is 7.17. The third-order valence-corrected chi connectivity index (χ3v) is 7.10. The number of thiophene rings is 1. The summed E-state index contributed by atoms with van der Waals surface area (Å²) in [6.45, 7) is 8.23. The van der Waals surface area contributed by atoms with Gasteiger partial charge >= 0.3 is 0 Å². The molecule has 0 saturated carbocycles. The van der Waals surface area contributed by atoms with E-state index in [1.165, 1.54) is 10.4 Å². The molecule has 0 bridgehead atoms. The second-order valence-electron chi connectivity index (χ2n) is 8.38. The summed E-state index contributed by atoms with van der Waals surface area (Å²) in [7, 11) is 0. The van der Waals surface area contributed by atoms with E-state index in [4.69, 9.17) is 9.47 Å². The normalized spacial score (nSPS) is 16.0. The minimum Gasteiger partial charge on any atom is -0.483 e. The van der Waals surface area contributed by atoms with E-state index in [2.05, 4.69) is 5.32 Å². The summed E-state index contributed by atoms with van der Waals surface area (Å²) in [5, 5.41) is 3.65. The van der Waals surface area contributed by atoms with Gasteiger partial charge in [0.05, 0.1) is 18.8 Å². The Balaban J connectivity index is 1.52. The van der Waals surface area contributed by atoms with Gasteiger partial charge in [0, 0.05) is 18.0 Å². The van der Waals surface area contributed by atoms with Gasteiger partial charge in [-0.05, 0) is 63.1 Å². The van der Waals surface area contributed by atoms with E-state index >= 15 is 0 Å². The monoisotopic (exact) mass is 442 g/mol. The number of carbonyl (C=O) groups excluding carboxylic acids is 2. The predicted octanol–water partition coefficient (Wildman–Crippen LogP) is 4.04. The fraction of sp³-hybridized carbons (Fsp3) is 0.500. The van der Waals surface area contributed by atoms with Crippen LogP contribution in [0.3, 0.4) is 0 Å². The first-order chi connectivity index (χ1) is 14.9. The zero-order valence-corrected chi connectivity index (χ0v) is 19.3. The number of ether oxygens (including phenoxy) is 2. The van der Waals surface area contributed by atoms with E-state index in [9.17, 15) is 9.59 Å². The summed E-state index contributed by atoms with van der Waals surface area (Å²) in [6, 6.07) is 4.10. The highest BCUT2D eigenvalue weighted by atomic mass is 32.1. The average molecular weight is 443 g/mol. The number of benzene rings is 1. The number of nitrogens with zero attached hydrogens (tertiary/aromatic N) is 1. The van der Waals surface area contributed by atoms with Crippen LogP contribution >= 0.6 is 11.3 Å². The molecule has 6 nitrogen and oxygen atoms in total. The minimum absolute atomic E-state index is 0.00384. The maximum Gasteiger partial charge on any atom is 0.262 e. The van der Waals surface area contributed by atoms with Crippen molar-refractivity contribution in [3.63, 3.8) is 0 Å². The summed E-state index contributed by atoms with van der Waals surface area (Å²) in [5.41, 5.74) is 4.99. The summed E-state index contributed by atoms with van der Waals surface area (Å²) in [4.78, 5) is 29.2. The second-order valence-corrected chi connectivity index (χ2v) is 9.49. The SMILES string of the molecule is Cc1cc(C)c(OCC(=O)Nc2sc3c(c2C(=O)N2CCOCC2)CCCC3)c(C)c1. The number of amides is 2. The molecule has 0 spiro atoms. The first-order valence-electron chi connectivity index (χ1n) is 11.0. The van der Waals surface area contributed by atoms with Crippen molar-refractivity contribution in [2.45, 2.75) is 46.5 Å². The lowest BCUT2D eigenvalue weighted by Gasteiger charge is -2.27. The molecule has 4 rings (SSSR count). The summed E-state index contributed by atoms with van der Waals surface area (Å²) < 4.78 is 11.3. The van der Waals surface area contributed by atoms with E-state index in [0.717, 1.165) is 48.1 Å². The van der Waals surface area contributed by atoms with Gasteiger partial charge in [-0.1, -0.05) is 17.7 Å². The molecule has 1 aliphatic carbocycles. The Morgan fingerprint density at radius 1 is 1.10 bits per heavy atom. The van der Waals surface area contributed by atoms with Crippen molar-refractivity contribution in [2.75, 3.05) is 38.2 Å². The van der Waals surface area contributed by atoms with Crippen molar-refractivity contribution in [3.8, 4) is 5.75 Å². The van der Waals surface area contributed by atoms with Crippen molar-refractivity contribution in [2.24, 2.45) is 0 Å². The molecule has 2 aromatic rings. The van der Waals surface area contributed by atoms with E-state index in [0.29, 0.717) is 36.9 Å². The van der Waals surface area contributed by atoms with Crippen LogP contribution < -0.4 is 10.1 Å². The van der Waals surface area contributed by atoms with E-state index < -0.39 is 0 Å². The lowest BCUT2D eigenvalue weighted by Crippen LogP contribution is -2.41. The average Bonchev–Trinajstić information content (AvgIpc) is 3.10. The van der Waals surface area contributed by atoms with Gasteiger partial charge in [0.15, 0.2) is 6.61 Å². The summed E-state index contributed by atoms with van der Waals surface area (Å²) in [5.74, 6) is 0.508. The molecule has 7 heteroatoms.